The van der Waals surface area contributed by atoms with Gasteiger partial charge in [0.15, 0.2) is 0 Å². The summed E-state index contributed by atoms with van der Waals surface area (Å²) in [6.45, 7) is 4.48. The summed E-state index contributed by atoms with van der Waals surface area (Å²) in [6.07, 6.45) is 4.40. The average Bonchev–Trinajstić information content (AvgIpc) is 3.15. The highest BCUT2D eigenvalue weighted by Gasteiger charge is 2.05. The minimum absolute atomic E-state index is 0.569. The highest BCUT2D eigenvalue weighted by molar-refractivity contribution is 7.98. The molecule has 0 saturated carbocycles. The molecule has 0 aliphatic rings. The van der Waals surface area contributed by atoms with Crippen LogP contribution in [0, 0.1) is 0 Å². The first-order valence-corrected chi connectivity index (χ1v) is 8.99. The van der Waals surface area contributed by atoms with Gasteiger partial charge in [0.1, 0.15) is 0 Å². The molecule has 0 fully saturated rings. The van der Waals surface area contributed by atoms with Gasteiger partial charge in [-0.15, -0.1) is 11.8 Å². The Morgan fingerprint density at radius 2 is 1.96 bits per heavy atom. The van der Waals surface area contributed by atoms with E-state index in [1.54, 1.807) is 0 Å². The summed E-state index contributed by atoms with van der Waals surface area (Å²) in [5.41, 5.74) is 5.24. The Morgan fingerprint density at radius 1 is 1.09 bits per heavy atom. The maximum absolute atomic E-state index is 3.48. The summed E-state index contributed by atoms with van der Waals surface area (Å²) in [5, 5.41) is 2.50. The van der Waals surface area contributed by atoms with E-state index in [0.717, 1.165) is 5.75 Å². The van der Waals surface area contributed by atoms with Crippen LogP contribution in [0.3, 0.4) is 0 Å². The number of pyridine rings is 1. The van der Waals surface area contributed by atoms with Crippen molar-refractivity contribution in [1.82, 2.24) is 9.38 Å². The third-order valence-corrected chi connectivity index (χ3v) is 5.26. The Bertz CT molecular complexity index is 929. The number of thioether (sulfide) groups is 1. The Labute approximate surface area is 140 Å². The SMILES string of the molecule is CC(C)c1cc2cc(CSc3cc4ccccc4[nH]3)ccn2c1. The van der Waals surface area contributed by atoms with E-state index in [2.05, 4.69) is 84.2 Å². The van der Waals surface area contributed by atoms with Crippen molar-refractivity contribution in [3.05, 3.63) is 72.1 Å². The third kappa shape index (κ3) is 2.89. The first kappa shape index (κ1) is 14.5. The number of aromatic amines is 1. The monoisotopic (exact) mass is 320 g/mol. The van der Waals surface area contributed by atoms with Crippen molar-refractivity contribution in [1.29, 1.82) is 0 Å². The van der Waals surface area contributed by atoms with Crippen molar-refractivity contribution in [2.45, 2.75) is 30.5 Å². The molecule has 0 unspecified atom stereocenters. The van der Waals surface area contributed by atoms with Crippen LogP contribution in [0.1, 0.15) is 30.9 Å². The summed E-state index contributed by atoms with van der Waals surface area (Å²) in [5.74, 6) is 1.55. The molecule has 116 valence electrons. The number of H-pyrrole nitrogens is 1. The summed E-state index contributed by atoms with van der Waals surface area (Å²) in [6, 6.07) is 17.5. The van der Waals surface area contributed by atoms with Gasteiger partial charge in [-0.25, -0.2) is 0 Å². The van der Waals surface area contributed by atoms with E-state index in [9.17, 15) is 0 Å². The lowest BCUT2D eigenvalue weighted by atomic mass is 10.1. The van der Waals surface area contributed by atoms with Gasteiger partial charge in [-0.3, -0.25) is 0 Å². The van der Waals surface area contributed by atoms with Gasteiger partial charge in [-0.05, 0) is 47.4 Å². The number of fused-ring (bicyclic) bond motifs is 2. The summed E-state index contributed by atoms with van der Waals surface area (Å²) >= 11 is 1.86. The van der Waals surface area contributed by atoms with Crippen molar-refractivity contribution in [3.63, 3.8) is 0 Å². The van der Waals surface area contributed by atoms with Gasteiger partial charge in [-0.1, -0.05) is 32.0 Å². The number of rotatable bonds is 4. The predicted molar refractivity (Wildman–Crippen MR) is 99.3 cm³/mol. The van der Waals surface area contributed by atoms with Gasteiger partial charge >= 0.3 is 0 Å². The molecule has 2 nitrogen and oxygen atoms in total. The fraction of sp³-hybridized carbons (Fsp3) is 0.200. The molecule has 1 aromatic carbocycles. The van der Waals surface area contributed by atoms with Crippen LogP contribution >= 0.6 is 11.8 Å². The predicted octanol–water partition coefficient (Wildman–Crippen LogP) is 5.84. The van der Waals surface area contributed by atoms with Gasteiger partial charge in [0.05, 0.1) is 5.03 Å². The minimum atomic E-state index is 0.569. The number of hydrogen-bond acceptors (Lipinski definition) is 1. The third-order valence-electron chi connectivity index (χ3n) is 4.25. The van der Waals surface area contributed by atoms with E-state index >= 15 is 0 Å². The normalized spacial score (nSPS) is 11.8. The molecule has 4 aromatic rings. The van der Waals surface area contributed by atoms with Crippen LogP contribution in [-0.4, -0.2) is 9.38 Å². The fourth-order valence-electron chi connectivity index (χ4n) is 2.87. The fourth-order valence-corrected chi connectivity index (χ4v) is 3.76. The number of nitrogens with zero attached hydrogens (tertiary/aromatic N) is 1. The topological polar surface area (TPSA) is 20.2 Å². The van der Waals surface area contributed by atoms with E-state index in [0.29, 0.717) is 5.92 Å². The van der Waals surface area contributed by atoms with Gasteiger partial charge in [-0.2, -0.15) is 0 Å². The molecule has 0 atom stereocenters. The first-order chi connectivity index (χ1) is 11.2. The molecule has 4 rings (SSSR count). The summed E-state index contributed by atoms with van der Waals surface area (Å²) in [4.78, 5) is 3.48. The van der Waals surface area contributed by atoms with Crippen LogP contribution in [0.2, 0.25) is 0 Å². The lowest BCUT2D eigenvalue weighted by Crippen LogP contribution is -1.86. The van der Waals surface area contributed by atoms with E-state index < -0.39 is 0 Å². The standard InChI is InChI=1S/C20H20N2S/c1-14(2)17-10-18-9-15(7-8-22(18)12-17)13-23-20-11-16-5-3-4-6-19(16)21-20/h3-12,14,21H,13H2,1-2H3. The Hall–Kier alpha value is -2.13. The zero-order chi connectivity index (χ0) is 15.8. The average molecular weight is 320 g/mol. The largest absolute Gasteiger partial charge is 0.350 e. The second kappa shape index (κ2) is 5.82. The van der Waals surface area contributed by atoms with Crippen LogP contribution in [-0.2, 0) is 5.75 Å². The van der Waals surface area contributed by atoms with Gasteiger partial charge in [0, 0.05) is 34.6 Å². The zero-order valence-electron chi connectivity index (χ0n) is 13.4. The van der Waals surface area contributed by atoms with Crippen LogP contribution in [0.15, 0.2) is 66.0 Å². The van der Waals surface area contributed by atoms with E-state index in [4.69, 9.17) is 0 Å². The van der Waals surface area contributed by atoms with Gasteiger partial charge in [0.2, 0.25) is 0 Å². The number of benzene rings is 1. The summed E-state index contributed by atoms with van der Waals surface area (Å²) < 4.78 is 2.21. The maximum Gasteiger partial charge on any atom is 0.0735 e. The number of hydrogen-bond donors (Lipinski definition) is 1. The molecule has 0 aliphatic heterocycles. The molecule has 0 amide bonds. The number of aromatic nitrogens is 2. The van der Waals surface area contributed by atoms with Gasteiger partial charge < -0.3 is 9.38 Å². The molecular formula is C20H20N2S. The quantitative estimate of drug-likeness (QED) is 0.469. The van der Waals surface area contributed by atoms with Crippen LogP contribution in [0.4, 0.5) is 0 Å². The Morgan fingerprint density at radius 3 is 2.78 bits per heavy atom. The maximum atomic E-state index is 3.48. The van der Waals surface area contributed by atoms with Crippen LogP contribution in [0.25, 0.3) is 16.4 Å². The first-order valence-electron chi connectivity index (χ1n) is 8.00. The molecule has 1 N–H and O–H groups in total. The zero-order valence-corrected chi connectivity index (χ0v) is 14.2. The van der Waals surface area contributed by atoms with E-state index in [1.165, 1.54) is 32.6 Å². The molecule has 0 saturated heterocycles. The van der Waals surface area contributed by atoms with Gasteiger partial charge in [0.25, 0.3) is 0 Å². The smallest absolute Gasteiger partial charge is 0.0735 e. The highest BCUT2D eigenvalue weighted by Crippen LogP contribution is 2.27. The van der Waals surface area contributed by atoms with E-state index in [-0.39, 0.29) is 0 Å². The van der Waals surface area contributed by atoms with Crippen molar-refractivity contribution in [3.8, 4) is 0 Å². The number of para-hydroxylation sites is 1. The van der Waals surface area contributed by atoms with Crippen molar-refractivity contribution in [2.24, 2.45) is 0 Å². The molecule has 0 radical (unpaired) electrons. The molecule has 3 heteroatoms. The lowest BCUT2D eigenvalue weighted by molar-refractivity contribution is 0.866. The minimum Gasteiger partial charge on any atom is -0.350 e. The Balaban J connectivity index is 1.55. The van der Waals surface area contributed by atoms with Crippen molar-refractivity contribution in [2.75, 3.05) is 0 Å². The second-order valence-electron chi connectivity index (χ2n) is 6.30. The molecule has 3 heterocycles. The second-order valence-corrected chi connectivity index (χ2v) is 7.32. The molecule has 3 aromatic heterocycles. The number of nitrogens with one attached hydrogen (secondary N) is 1. The van der Waals surface area contributed by atoms with E-state index in [1.807, 2.05) is 11.8 Å². The van der Waals surface area contributed by atoms with Crippen molar-refractivity contribution < 1.29 is 0 Å². The van der Waals surface area contributed by atoms with Crippen molar-refractivity contribution >= 4 is 28.2 Å². The van der Waals surface area contributed by atoms with Crippen LogP contribution in [0.5, 0.6) is 0 Å². The lowest BCUT2D eigenvalue weighted by Gasteiger charge is -2.01. The summed E-state index contributed by atoms with van der Waals surface area (Å²) in [7, 11) is 0. The van der Waals surface area contributed by atoms with Crippen LogP contribution < -0.4 is 0 Å². The highest BCUT2D eigenvalue weighted by atomic mass is 32.2. The molecule has 23 heavy (non-hydrogen) atoms. The molecular weight excluding hydrogens is 300 g/mol. The molecule has 0 aliphatic carbocycles. The Kier molecular flexibility index (Phi) is 3.66. The molecule has 0 spiro atoms. The molecule has 0 bridgehead atoms.